The fourth-order valence-corrected chi connectivity index (χ4v) is 3.01. The van der Waals surface area contributed by atoms with Crippen LogP contribution in [0.1, 0.15) is 48.0 Å². The minimum Gasteiger partial charge on any atom is -0.378 e. The van der Waals surface area contributed by atoms with E-state index >= 15 is 0 Å². The van der Waals surface area contributed by atoms with E-state index in [9.17, 15) is 4.79 Å². The highest BCUT2D eigenvalue weighted by Crippen LogP contribution is 2.20. The van der Waals surface area contributed by atoms with Crippen LogP contribution in [0.3, 0.4) is 0 Å². The molecule has 1 fully saturated rings. The second kappa shape index (κ2) is 6.48. The van der Waals surface area contributed by atoms with Crippen LogP contribution in [0, 0.1) is 6.92 Å². The summed E-state index contributed by atoms with van der Waals surface area (Å²) in [5.74, 6) is 0.234. The first-order chi connectivity index (χ1) is 8.65. The summed E-state index contributed by atoms with van der Waals surface area (Å²) in [5, 5.41) is 0. The zero-order chi connectivity index (χ0) is 13.0. The Balaban J connectivity index is 1.83. The molecule has 1 aromatic rings. The lowest BCUT2D eigenvalue weighted by atomic mass is 10.0. The maximum atomic E-state index is 12.1. The first-order valence-corrected chi connectivity index (χ1v) is 7.36. The van der Waals surface area contributed by atoms with Gasteiger partial charge in [0.2, 0.25) is 0 Å². The molecular weight excluding hydrogens is 292 g/mol. The van der Waals surface area contributed by atoms with Gasteiger partial charge in [0, 0.05) is 23.1 Å². The molecule has 18 heavy (non-hydrogen) atoms. The molecule has 0 amide bonds. The second-order valence-electron chi connectivity index (χ2n) is 4.97. The number of ketones is 1. The summed E-state index contributed by atoms with van der Waals surface area (Å²) < 4.78 is 6.54. The van der Waals surface area contributed by atoms with E-state index < -0.39 is 0 Å². The van der Waals surface area contributed by atoms with Gasteiger partial charge in [-0.2, -0.15) is 0 Å². The summed E-state index contributed by atoms with van der Waals surface area (Å²) >= 11 is 3.43. The number of ether oxygens (including phenoxy) is 1. The number of Topliss-reactive ketones (excluding diaryl/α,β-unsaturated/α-hetero) is 1. The highest BCUT2D eigenvalue weighted by atomic mass is 79.9. The van der Waals surface area contributed by atoms with Gasteiger partial charge in [0.25, 0.3) is 0 Å². The zero-order valence-corrected chi connectivity index (χ0v) is 12.3. The van der Waals surface area contributed by atoms with Gasteiger partial charge >= 0.3 is 0 Å². The van der Waals surface area contributed by atoms with Gasteiger partial charge in [-0.15, -0.1) is 0 Å². The average Bonchev–Trinajstić information content (AvgIpc) is 2.80. The SMILES string of the molecule is Cc1cc(Br)cc(C(=O)CCCC2CCCO2)c1. The van der Waals surface area contributed by atoms with Crippen molar-refractivity contribution in [3.05, 3.63) is 33.8 Å². The van der Waals surface area contributed by atoms with E-state index in [1.54, 1.807) is 0 Å². The molecule has 0 radical (unpaired) electrons. The number of rotatable bonds is 5. The summed E-state index contributed by atoms with van der Waals surface area (Å²) in [5.41, 5.74) is 1.93. The summed E-state index contributed by atoms with van der Waals surface area (Å²) in [6.45, 7) is 2.90. The molecule has 0 aromatic heterocycles. The van der Waals surface area contributed by atoms with Crippen LogP contribution in [0.2, 0.25) is 0 Å². The Morgan fingerprint density at radius 3 is 2.94 bits per heavy atom. The Morgan fingerprint density at radius 2 is 2.28 bits per heavy atom. The Bertz CT molecular complexity index is 402. The van der Waals surface area contributed by atoms with Crippen molar-refractivity contribution in [2.45, 2.75) is 45.1 Å². The van der Waals surface area contributed by atoms with Crippen LogP contribution in [0.15, 0.2) is 22.7 Å². The van der Waals surface area contributed by atoms with E-state index in [4.69, 9.17) is 4.74 Å². The normalized spacial score (nSPS) is 19.1. The molecule has 0 saturated carbocycles. The monoisotopic (exact) mass is 310 g/mol. The first-order valence-electron chi connectivity index (χ1n) is 6.57. The number of benzene rings is 1. The molecule has 0 N–H and O–H groups in total. The van der Waals surface area contributed by atoms with E-state index in [0.29, 0.717) is 12.5 Å². The molecule has 0 spiro atoms. The average molecular weight is 311 g/mol. The van der Waals surface area contributed by atoms with Crippen molar-refractivity contribution >= 4 is 21.7 Å². The van der Waals surface area contributed by atoms with Crippen molar-refractivity contribution in [3.8, 4) is 0 Å². The standard InChI is InChI=1S/C15H19BrO2/c1-11-8-12(10-13(16)9-11)15(17)6-2-4-14-5-3-7-18-14/h8-10,14H,2-7H2,1H3. The van der Waals surface area contributed by atoms with E-state index in [2.05, 4.69) is 15.9 Å². The Labute approximate surface area is 117 Å². The van der Waals surface area contributed by atoms with E-state index in [1.165, 1.54) is 6.42 Å². The Morgan fingerprint density at radius 1 is 1.44 bits per heavy atom. The molecule has 1 atom stereocenters. The predicted octanol–water partition coefficient (Wildman–Crippen LogP) is 4.29. The molecular formula is C15H19BrO2. The maximum absolute atomic E-state index is 12.1. The fourth-order valence-electron chi connectivity index (χ4n) is 2.40. The Hall–Kier alpha value is -0.670. The van der Waals surface area contributed by atoms with Crippen molar-refractivity contribution in [1.29, 1.82) is 0 Å². The second-order valence-corrected chi connectivity index (χ2v) is 5.88. The maximum Gasteiger partial charge on any atom is 0.162 e. The lowest BCUT2D eigenvalue weighted by Crippen LogP contribution is -2.06. The van der Waals surface area contributed by atoms with Crippen LogP contribution in [-0.2, 0) is 4.74 Å². The van der Waals surface area contributed by atoms with Gasteiger partial charge in [-0.3, -0.25) is 4.79 Å². The van der Waals surface area contributed by atoms with E-state index in [0.717, 1.165) is 41.5 Å². The zero-order valence-electron chi connectivity index (χ0n) is 10.7. The van der Waals surface area contributed by atoms with Gasteiger partial charge in [0.15, 0.2) is 5.78 Å². The topological polar surface area (TPSA) is 26.3 Å². The highest BCUT2D eigenvalue weighted by Gasteiger charge is 2.16. The number of halogens is 1. The largest absolute Gasteiger partial charge is 0.378 e. The number of hydrogen-bond acceptors (Lipinski definition) is 2. The summed E-state index contributed by atoms with van der Waals surface area (Å²) in [6.07, 6.45) is 5.28. The molecule has 98 valence electrons. The van der Waals surface area contributed by atoms with Crippen molar-refractivity contribution in [2.24, 2.45) is 0 Å². The third-order valence-electron chi connectivity index (χ3n) is 3.32. The molecule has 1 aromatic carbocycles. The predicted molar refractivity (Wildman–Crippen MR) is 76.0 cm³/mol. The minimum atomic E-state index is 0.234. The molecule has 0 aliphatic carbocycles. The van der Waals surface area contributed by atoms with Gasteiger partial charge in [-0.25, -0.2) is 0 Å². The molecule has 1 aliphatic rings. The van der Waals surface area contributed by atoms with Gasteiger partial charge in [-0.05, 0) is 56.4 Å². The van der Waals surface area contributed by atoms with Gasteiger partial charge < -0.3 is 4.74 Å². The minimum absolute atomic E-state index is 0.234. The van der Waals surface area contributed by atoms with Crippen LogP contribution in [0.5, 0.6) is 0 Å². The molecule has 2 nitrogen and oxygen atoms in total. The van der Waals surface area contributed by atoms with Gasteiger partial charge in [0.1, 0.15) is 0 Å². The number of carbonyl (C=O) groups is 1. The molecule has 0 bridgehead atoms. The van der Waals surface area contributed by atoms with Crippen LogP contribution in [0.25, 0.3) is 0 Å². The van der Waals surface area contributed by atoms with E-state index in [-0.39, 0.29) is 5.78 Å². The molecule has 1 aliphatic heterocycles. The van der Waals surface area contributed by atoms with Crippen LogP contribution in [0.4, 0.5) is 0 Å². The van der Waals surface area contributed by atoms with E-state index in [1.807, 2.05) is 25.1 Å². The third kappa shape index (κ3) is 3.92. The lowest BCUT2D eigenvalue weighted by Gasteiger charge is -2.08. The van der Waals surface area contributed by atoms with Crippen LogP contribution in [-0.4, -0.2) is 18.5 Å². The van der Waals surface area contributed by atoms with Crippen molar-refractivity contribution < 1.29 is 9.53 Å². The lowest BCUT2D eigenvalue weighted by molar-refractivity contribution is 0.0922. The number of hydrogen-bond donors (Lipinski definition) is 0. The first kappa shape index (κ1) is 13.8. The highest BCUT2D eigenvalue weighted by molar-refractivity contribution is 9.10. The summed E-state index contributed by atoms with van der Waals surface area (Å²) in [4.78, 5) is 12.1. The fraction of sp³-hybridized carbons (Fsp3) is 0.533. The van der Waals surface area contributed by atoms with Crippen LogP contribution >= 0.6 is 15.9 Å². The molecule has 1 saturated heterocycles. The molecule has 3 heteroatoms. The van der Waals surface area contributed by atoms with Crippen molar-refractivity contribution in [1.82, 2.24) is 0 Å². The number of carbonyl (C=O) groups excluding carboxylic acids is 1. The summed E-state index contributed by atoms with van der Waals surface area (Å²) in [6, 6.07) is 5.88. The molecule has 1 heterocycles. The van der Waals surface area contributed by atoms with Crippen molar-refractivity contribution in [3.63, 3.8) is 0 Å². The molecule has 1 unspecified atom stereocenters. The van der Waals surface area contributed by atoms with Crippen LogP contribution < -0.4 is 0 Å². The molecule has 2 rings (SSSR count). The van der Waals surface area contributed by atoms with Crippen molar-refractivity contribution in [2.75, 3.05) is 6.61 Å². The quantitative estimate of drug-likeness (QED) is 0.758. The smallest absolute Gasteiger partial charge is 0.162 e. The summed E-state index contributed by atoms with van der Waals surface area (Å²) in [7, 11) is 0. The third-order valence-corrected chi connectivity index (χ3v) is 3.78. The number of aryl methyl sites for hydroxylation is 1. The van der Waals surface area contributed by atoms with Gasteiger partial charge in [-0.1, -0.05) is 15.9 Å². The Kier molecular flexibility index (Phi) is 4.95. The van der Waals surface area contributed by atoms with Gasteiger partial charge in [0.05, 0.1) is 6.10 Å².